The van der Waals surface area contributed by atoms with E-state index in [-0.39, 0.29) is 75.2 Å². The Labute approximate surface area is 107 Å². The van der Waals surface area contributed by atoms with Crippen LogP contribution in [-0.2, 0) is 48.6 Å². The van der Waals surface area contributed by atoms with Crippen molar-refractivity contribution in [3.63, 3.8) is 0 Å². The van der Waals surface area contributed by atoms with Crippen LogP contribution in [0.4, 0.5) is 0 Å². The Morgan fingerprint density at radius 3 is 1.33 bits per heavy atom. The summed E-state index contributed by atoms with van der Waals surface area (Å²) in [6, 6.07) is 0. The molecule has 0 saturated carbocycles. The van der Waals surface area contributed by atoms with Gasteiger partial charge in [-0.3, -0.25) is 4.55 Å². The van der Waals surface area contributed by atoms with Gasteiger partial charge in [0.05, 0.1) is 0 Å². The predicted molar refractivity (Wildman–Crippen MR) is 32.7 cm³/mol. The Kier molecular flexibility index (Phi) is 43.7. The molecule has 0 aliphatic heterocycles. The molecule has 0 rings (SSSR count). The van der Waals surface area contributed by atoms with Gasteiger partial charge in [0, 0.05) is 39.4 Å². The minimum atomic E-state index is -3.97. The summed E-state index contributed by atoms with van der Waals surface area (Å²) in [6.07, 6.45) is 0. The Balaban J connectivity index is -0.0000000133. The van der Waals surface area contributed by atoms with Crippen molar-refractivity contribution in [2.24, 2.45) is 0 Å². The molecule has 0 saturated heterocycles. The second-order valence-electron chi connectivity index (χ2n) is 0.448. The Bertz CT molecular complexity index is 105. The molecule has 9 heteroatoms. The molecule has 0 aliphatic rings. The van der Waals surface area contributed by atoms with Crippen LogP contribution in [0.15, 0.2) is 0 Å². The van der Waals surface area contributed by atoms with E-state index >= 15 is 0 Å². The molecule has 0 heterocycles. The third-order valence-electron chi connectivity index (χ3n) is 0. The van der Waals surface area contributed by atoms with Gasteiger partial charge in [0.15, 0.2) is 0 Å². The molecule has 0 aliphatic carbocycles. The van der Waals surface area contributed by atoms with Crippen LogP contribution in [0.2, 0.25) is 0 Å². The topological polar surface area (TPSA) is 89.4 Å². The van der Waals surface area contributed by atoms with E-state index < -0.39 is 9.15 Å². The molecule has 0 aromatic heterocycles. The molecule has 4 N–H and O–H groups in total. The Morgan fingerprint density at radius 2 is 1.33 bits per heavy atom. The fourth-order valence-corrected chi connectivity index (χ4v) is 0. The van der Waals surface area contributed by atoms with Gasteiger partial charge in [-0.25, -0.2) is 0 Å². The zero-order valence-electron chi connectivity index (χ0n) is 3.43. The van der Waals surface area contributed by atoms with Crippen LogP contribution < -0.4 is 6.15 Å². The average molecular weight is 416 g/mol. The Hall–Kier alpha value is 2.48. The quantitative estimate of drug-likeness (QED) is 0.210. The van der Waals surface area contributed by atoms with E-state index in [4.69, 9.17) is 13.0 Å². The van der Waals surface area contributed by atoms with Gasteiger partial charge >= 0.3 is 38.7 Å². The van der Waals surface area contributed by atoms with Crippen molar-refractivity contribution in [3.8, 4) is 0 Å². The Morgan fingerprint density at radius 1 is 1.33 bits per heavy atom. The van der Waals surface area contributed by atoms with Crippen LogP contribution in [0.25, 0.3) is 0 Å². The van der Waals surface area contributed by atoms with Crippen molar-refractivity contribution in [3.05, 3.63) is 0 Å². The van der Waals surface area contributed by atoms with E-state index in [9.17, 15) is 0 Å². The summed E-state index contributed by atoms with van der Waals surface area (Å²) in [7, 11) is -3.97. The SMILES string of the molecule is N.O=S(=O)(O)S.[Au].[Cu].[NaH]. The van der Waals surface area contributed by atoms with E-state index in [2.05, 4.69) is 11.7 Å². The monoisotopic (exact) mass is 415 g/mol. The van der Waals surface area contributed by atoms with Gasteiger partial charge in [0.1, 0.15) is 0 Å². The number of hydrogen-bond donors (Lipinski definition) is 3. The van der Waals surface area contributed by atoms with E-state index in [1.54, 1.807) is 0 Å². The van der Waals surface area contributed by atoms with Crippen molar-refractivity contribution in [2.45, 2.75) is 0 Å². The zero-order chi connectivity index (χ0) is 4.50. The molecule has 0 aromatic carbocycles. The standard InChI is InChI=1S/Au.Cu.H3N.Na.H2O3S2.H/c;;;;1-5(2,3)4;/h;;1H3;;(H2,1,2,3,4);. The number of thiol groups is 1. The molecule has 0 bridgehead atoms. The number of hydrogen-bond acceptors (Lipinski definition) is 3. The second kappa shape index (κ2) is 13.1. The summed E-state index contributed by atoms with van der Waals surface area (Å²) < 4.78 is 25.5. The van der Waals surface area contributed by atoms with Crippen molar-refractivity contribution in [1.82, 2.24) is 6.15 Å². The van der Waals surface area contributed by atoms with E-state index in [1.165, 1.54) is 0 Å². The normalized spacial score (nSPS) is 6.44. The minimum absolute atomic E-state index is 0. The summed E-state index contributed by atoms with van der Waals surface area (Å²) in [6.45, 7) is 0. The second-order valence-corrected chi connectivity index (χ2v) is 2.73. The van der Waals surface area contributed by atoms with Crippen LogP contribution in [0.3, 0.4) is 0 Å². The molecule has 0 unspecified atom stereocenters. The molecule has 0 amide bonds. The van der Waals surface area contributed by atoms with E-state index in [0.29, 0.717) is 0 Å². The first-order valence-electron chi connectivity index (χ1n) is 0.698. The van der Waals surface area contributed by atoms with Gasteiger partial charge < -0.3 is 6.15 Å². The van der Waals surface area contributed by atoms with Crippen LogP contribution in [0.1, 0.15) is 0 Å². The average Bonchev–Trinajstić information content (AvgIpc) is 0.722. The molecule has 9 heavy (non-hydrogen) atoms. The molecule has 64 valence electrons. The van der Waals surface area contributed by atoms with Crippen molar-refractivity contribution in [1.29, 1.82) is 0 Å². The molecular weight excluding hydrogens is 410 g/mol. The third kappa shape index (κ3) is 123. The molecular formula is H6AuCuNNaO3S2. The summed E-state index contributed by atoms with van der Waals surface area (Å²) in [5.41, 5.74) is 0. The third-order valence-corrected chi connectivity index (χ3v) is 0. The first-order chi connectivity index (χ1) is 2.00. The molecule has 0 spiro atoms. The predicted octanol–water partition coefficient (Wildman–Crippen LogP) is -0.772. The van der Waals surface area contributed by atoms with E-state index in [0.717, 1.165) is 0 Å². The van der Waals surface area contributed by atoms with E-state index in [1.807, 2.05) is 0 Å². The molecule has 0 fully saturated rings. The molecule has 0 atom stereocenters. The molecule has 4 nitrogen and oxygen atoms in total. The van der Waals surface area contributed by atoms with Gasteiger partial charge in [-0.15, -0.1) is 0 Å². The first-order valence-corrected chi connectivity index (χ1v) is 3.19. The summed E-state index contributed by atoms with van der Waals surface area (Å²) >= 11 is 2.65. The van der Waals surface area contributed by atoms with Crippen LogP contribution in [0.5, 0.6) is 0 Å². The summed E-state index contributed by atoms with van der Waals surface area (Å²) in [5.74, 6) is 0. The van der Waals surface area contributed by atoms with Crippen molar-refractivity contribution < 1.29 is 52.4 Å². The zero-order valence-corrected chi connectivity index (χ0v) is 8.25. The van der Waals surface area contributed by atoms with Crippen LogP contribution in [0, 0.1) is 0 Å². The molecule has 2 radical (unpaired) electrons. The van der Waals surface area contributed by atoms with Crippen LogP contribution >= 0.6 is 11.7 Å². The first kappa shape index (κ1) is 30.0. The summed E-state index contributed by atoms with van der Waals surface area (Å²) in [4.78, 5) is 0. The fourth-order valence-electron chi connectivity index (χ4n) is 0. The van der Waals surface area contributed by atoms with Gasteiger partial charge in [-0.2, -0.15) is 8.42 Å². The summed E-state index contributed by atoms with van der Waals surface area (Å²) in [5, 5.41) is 0. The number of rotatable bonds is 0. The van der Waals surface area contributed by atoms with Crippen molar-refractivity contribution >= 4 is 50.4 Å². The van der Waals surface area contributed by atoms with Gasteiger partial charge in [-0.1, -0.05) is 0 Å². The maximum atomic E-state index is 9.05. The van der Waals surface area contributed by atoms with Gasteiger partial charge in [0.25, 0.3) is 0 Å². The van der Waals surface area contributed by atoms with Crippen LogP contribution in [-0.4, -0.2) is 42.5 Å². The maximum absolute atomic E-state index is 9.05. The van der Waals surface area contributed by atoms with Crippen molar-refractivity contribution in [2.75, 3.05) is 0 Å². The van der Waals surface area contributed by atoms with Gasteiger partial charge in [-0.05, 0) is 11.7 Å². The van der Waals surface area contributed by atoms with Gasteiger partial charge in [0.2, 0.25) is 0 Å². The molecule has 0 aromatic rings. The fraction of sp³-hybridized carbons (Fsp3) is 0.